The predicted octanol–water partition coefficient (Wildman–Crippen LogP) is 2.31. The Labute approximate surface area is 76.0 Å². The highest BCUT2D eigenvalue weighted by molar-refractivity contribution is 4.64. The number of hydrogen-bond donors (Lipinski definition) is 1. The lowest BCUT2D eigenvalue weighted by molar-refractivity contribution is 0.112. The molecule has 0 aliphatic heterocycles. The van der Waals surface area contributed by atoms with E-state index in [-0.39, 0.29) is 0 Å². The molecule has 1 N–H and O–H groups in total. The Morgan fingerprint density at radius 1 is 1.58 bits per heavy atom. The van der Waals surface area contributed by atoms with Crippen molar-refractivity contribution in [3.63, 3.8) is 0 Å². The molecule has 0 aromatic heterocycles. The van der Waals surface area contributed by atoms with E-state index < -0.39 is 0 Å². The molecule has 0 fully saturated rings. The number of hydrogen-bond acceptors (Lipinski definition) is 2. The smallest absolute Gasteiger partial charge is 0.0967 e. The first-order valence-corrected chi connectivity index (χ1v) is 4.73. The van der Waals surface area contributed by atoms with Crippen LogP contribution in [0.3, 0.4) is 0 Å². The van der Waals surface area contributed by atoms with Gasteiger partial charge in [0.05, 0.1) is 13.3 Å². The normalized spacial score (nSPS) is 12.8. The van der Waals surface area contributed by atoms with Crippen molar-refractivity contribution in [2.75, 3.05) is 13.3 Å². The van der Waals surface area contributed by atoms with Crippen LogP contribution in [0.2, 0.25) is 0 Å². The van der Waals surface area contributed by atoms with E-state index in [1.165, 1.54) is 12.8 Å². The molecule has 1 atom stereocenters. The van der Waals surface area contributed by atoms with Crippen LogP contribution in [0.25, 0.3) is 0 Å². The van der Waals surface area contributed by atoms with Gasteiger partial charge < -0.3 is 4.74 Å². The van der Waals surface area contributed by atoms with Crippen LogP contribution in [-0.2, 0) is 4.74 Å². The van der Waals surface area contributed by atoms with E-state index in [1.54, 1.807) is 0 Å². The Bertz CT molecular complexity index is 104. The molecule has 0 aliphatic rings. The number of rotatable bonds is 8. The minimum Gasteiger partial charge on any atom is -0.366 e. The molecular weight excluding hydrogens is 150 g/mol. The van der Waals surface area contributed by atoms with Crippen LogP contribution >= 0.6 is 0 Å². The summed E-state index contributed by atoms with van der Waals surface area (Å²) < 4.78 is 5.31. The molecule has 0 radical (unpaired) electrons. The maximum atomic E-state index is 5.31. The molecule has 0 amide bonds. The Hall–Kier alpha value is -0.340. The molecule has 0 aliphatic carbocycles. The van der Waals surface area contributed by atoms with Gasteiger partial charge >= 0.3 is 0 Å². The fraction of sp³-hybridized carbons (Fsp3) is 0.800. The van der Waals surface area contributed by atoms with Crippen molar-refractivity contribution in [2.45, 2.75) is 39.2 Å². The van der Waals surface area contributed by atoms with Crippen molar-refractivity contribution < 1.29 is 4.74 Å². The third-order valence-corrected chi connectivity index (χ3v) is 1.72. The zero-order chi connectivity index (χ0) is 9.23. The van der Waals surface area contributed by atoms with E-state index in [0.717, 1.165) is 13.0 Å². The molecule has 0 aromatic carbocycles. The first-order valence-electron chi connectivity index (χ1n) is 4.73. The van der Waals surface area contributed by atoms with E-state index in [4.69, 9.17) is 4.74 Å². The van der Waals surface area contributed by atoms with Crippen molar-refractivity contribution in [1.82, 2.24) is 5.32 Å². The highest BCUT2D eigenvalue weighted by atomic mass is 16.5. The summed E-state index contributed by atoms with van der Waals surface area (Å²) in [5.74, 6) is 0. The summed E-state index contributed by atoms with van der Waals surface area (Å²) in [4.78, 5) is 0. The standard InChI is InChI=1S/C10H21NO/c1-4-6-8-12-9-11-10(3)7-5-2/h4,10-11H,1,5-9H2,2-3H3. The monoisotopic (exact) mass is 171 g/mol. The van der Waals surface area contributed by atoms with Crippen LogP contribution in [0.1, 0.15) is 33.1 Å². The van der Waals surface area contributed by atoms with Crippen molar-refractivity contribution >= 4 is 0 Å². The van der Waals surface area contributed by atoms with E-state index >= 15 is 0 Å². The minimum absolute atomic E-state index is 0.568. The lowest BCUT2D eigenvalue weighted by atomic mass is 10.2. The molecule has 1 unspecified atom stereocenters. The van der Waals surface area contributed by atoms with Crippen LogP contribution in [0.15, 0.2) is 12.7 Å². The van der Waals surface area contributed by atoms with Gasteiger partial charge in [0, 0.05) is 6.04 Å². The summed E-state index contributed by atoms with van der Waals surface area (Å²) in [6, 6.07) is 0.568. The Balaban J connectivity index is 3.02. The Morgan fingerprint density at radius 3 is 2.92 bits per heavy atom. The second kappa shape index (κ2) is 8.75. The summed E-state index contributed by atoms with van der Waals surface area (Å²) in [6.07, 6.45) is 5.24. The Morgan fingerprint density at radius 2 is 2.33 bits per heavy atom. The van der Waals surface area contributed by atoms with Gasteiger partial charge in [0.2, 0.25) is 0 Å². The topological polar surface area (TPSA) is 21.3 Å². The fourth-order valence-corrected chi connectivity index (χ4v) is 0.975. The molecular formula is C10H21NO. The molecule has 2 heteroatoms. The molecule has 72 valence electrons. The third-order valence-electron chi connectivity index (χ3n) is 1.72. The van der Waals surface area contributed by atoms with Crippen LogP contribution in [-0.4, -0.2) is 19.4 Å². The Kier molecular flexibility index (Phi) is 8.51. The largest absolute Gasteiger partial charge is 0.366 e. The van der Waals surface area contributed by atoms with Crippen LogP contribution in [0.4, 0.5) is 0 Å². The van der Waals surface area contributed by atoms with Crippen LogP contribution < -0.4 is 5.32 Å². The van der Waals surface area contributed by atoms with E-state index in [2.05, 4.69) is 25.7 Å². The summed E-state index contributed by atoms with van der Waals surface area (Å²) in [5.41, 5.74) is 0. The summed E-state index contributed by atoms with van der Waals surface area (Å²) >= 11 is 0. The molecule has 12 heavy (non-hydrogen) atoms. The summed E-state index contributed by atoms with van der Waals surface area (Å²) in [5, 5.41) is 3.29. The second-order valence-corrected chi connectivity index (χ2v) is 3.02. The van der Waals surface area contributed by atoms with Gasteiger partial charge in [-0.05, 0) is 19.8 Å². The van der Waals surface area contributed by atoms with Gasteiger partial charge in [-0.25, -0.2) is 0 Å². The molecule has 0 bridgehead atoms. The molecule has 0 rings (SSSR count). The van der Waals surface area contributed by atoms with Crippen molar-refractivity contribution in [1.29, 1.82) is 0 Å². The lowest BCUT2D eigenvalue weighted by Gasteiger charge is -2.12. The quantitative estimate of drug-likeness (QED) is 0.344. The van der Waals surface area contributed by atoms with Crippen LogP contribution in [0.5, 0.6) is 0 Å². The molecule has 0 spiro atoms. The van der Waals surface area contributed by atoms with Gasteiger partial charge in [-0.1, -0.05) is 19.4 Å². The molecule has 0 saturated carbocycles. The SMILES string of the molecule is C=CCCOCNC(C)CCC. The fourth-order valence-electron chi connectivity index (χ4n) is 0.975. The van der Waals surface area contributed by atoms with Gasteiger partial charge in [-0.15, -0.1) is 6.58 Å². The predicted molar refractivity (Wildman–Crippen MR) is 53.1 cm³/mol. The summed E-state index contributed by atoms with van der Waals surface area (Å²) in [6.45, 7) is 9.43. The van der Waals surface area contributed by atoms with Crippen molar-refractivity contribution in [2.24, 2.45) is 0 Å². The second-order valence-electron chi connectivity index (χ2n) is 3.02. The lowest BCUT2D eigenvalue weighted by Crippen LogP contribution is -2.28. The zero-order valence-corrected chi connectivity index (χ0v) is 8.31. The van der Waals surface area contributed by atoms with Gasteiger partial charge in [0.25, 0.3) is 0 Å². The molecule has 0 saturated heterocycles. The summed E-state index contributed by atoms with van der Waals surface area (Å²) in [7, 11) is 0. The molecule has 2 nitrogen and oxygen atoms in total. The minimum atomic E-state index is 0.568. The first-order chi connectivity index (χ1) is 5.81. The third kappa shape index (κ3) is 7.76. The van der Waals surface area contributed by atoms with E-state index in [0.29, 0.717) is 12.8 Å². The number of ether oxygens (including phenoxy) is 1. The maximum Gasteiger partial charge on any atom is 0.0967 e. The zero-order valence-electron chi connectivity index (χ0n) is 8.31. The van der Waals surface area contributed by atoms with E-state index in [9.17, 15) is 0 Å². The average Bonchev–Trinajstić information content (AvgIpc) is 2.05. The molecule has 0 heterocycles. The maximum absolute atomic E-state index is 5.31. The average molecular weight is 171 g/mol. The van der Waals surface area contributed by atoms with Gasteiger partial charge in [-0.2, -0.15) is 0 Å². The van der Waals surface area contributed by atoms with Crippen molar-refractivity contribution in [3.05, 3.63) is 12.7 Å². The van der Waals surface area contributed by atoms with Gasteiger partial charge in [0.1, 0.15) is 0 Å². The first kappa shape index (κ1) is 11.7. The highest BCUT2D eigenvalue weighted by Crippen LogP contribution is 1.93. The van der Waals surface area contributed by atoms with E-state index in [1.807, 2.05) is 6.08 Å². The highest BCUT2D eigenvalue weighted by Gasteiger charge is 1.96. The van der Waals surface area contributed by atoms with Crippen molar-refractivity contribution in [3.8, 4) is 0 Å². The van der Waals surface area contributed by atoms with Gasteiger partial charge in [0.15, 0.2) is 0 Å². The number of nitrogens with one attached hydrogen (secondary N) is 1. The molecule has 0 aromatic rings. The van der Waals surface area contributed by atoms with Crippen LogP contribution in [0, 0.1) is 0 Å². The van der Waals surface area contributed by atoms with Gasteiger partial charge in [-0.3, -0.25) is 5.32 Å².